The van der Waals surface area contributed by atoms with E-state index < -0.39 is 5.67 Å². The lowest BCUT2D eigenvalue weighted by Gasteiger charge is -2.23. The highest BCUT2D eigenvalue weighted by molar-refractivity contribution is 6.08. The van der Waals surface area contributed by atoms with E-state index in [0.717, 1.165) is 28.9 Å². The normalized spacial score (nSPS) is 19.3. The smallest absolute Gasteiger partial charge is 0.258 e. The summed E-state index contributed by atoms with van der Waals surface area (Å²) < 4.78 is 20.3. The van der Waals surface area contributed by atoms with Crippen LogP contribution in [0.15, 0.2) is 42.9 Å². The second-order valence-corrected chi connectivity index (χ2v) is 9.50. The van der Waals surface area contributed by atoms with E-state index in [9.17, 15) is 9.18 Å². The first-order valence-corrected chi connectivity index (χ1v) is 11.6. The van der Waals surface area contributed by atoms with Crippen molar-refractivity contribution in [1.82, 2.24) is 15.0 Å². The molecule has 3 aromatic rings. The van der Waals surface area contributed by atoms with Gasteiger partial charge in [0.2, 0.25) is 0 Å². The molecule has 0 radical (unpaired) electrons. The summed E-state index contributed by atoms with van der Waals surface area (Å²) in [7, 11) is 0. The van der Waals surface area contributed by atoms with E-state index in [-0.39, 0.29) is 18.4 Å². The van der Waals surface area contributed by atoms with Gasteiger partial charge in [0.25, 0.3) is 5.91 Å². The number of fused-ring (bicyclic) bond motifs is 1. The molecule has 1 unspecified atom stereocenters. The molecule has 0 saturated carbocycles. The van der Waals surface area contributed by atoms with Gasteiger partial charge in [-0.05, 0) is 36.2 Å². The van der Waals surface area contributed by atoms with Crippen molar-refractivity contribution >= 4 is 17.4 Å². The van der Waals surface area contributed by atoms with Crippen LogP contribution in [-0.2, 0) is 6.42 Å². The van der Waals surface area contributed by atoms with Crippen molar-refractivity contribution in [2.75, 3.05) is 29.9 Å². The lowest BCUT2D eigenvalue weighted by atomic mass is 10.0. The van der Waals surface area contributed by atoms with Crippen LogP contribution in [0.3, 0.4) is 0 Å². The number of pyridine rings is 1. The summed E-state index contributed by atoms with van der Waals surface area (Å²) in [5.41, 5.74) is 2.49. The number of carbonyl (C=O) groups excluding carboxylic acids is 1. The number of benzene rings is 1. The van der Waals surface area contributed by atoms with E-state index in [1.807, 2.05) is 36.9 Å². The third-order valence-corrected chi connectivity index (χ3v) is 6.34. The zero-order valence-corrected chi connectivity index (χ0v) is 19.6. The Kier molecular flexibility index (Phi) is 5.67. The minimum Gasteiger partial charge on any atom is -0.493 e. The minimum atomic E-state index is -1.30. The average Bonchev–Trinajstić information content (AvgIpc) is 3.44. The summed E-state index contributed by atoms with van der Waals surface area (Å²) in [5, 5.41) is 3.04. The van der Waals surface area contributed by atoms with Gasteiger partial charge >= 0.3 is 0 Å². The molecular weight excluding hydrogens is 433 g/mol. The number of nitrogens with one attached hydrogen (secondary N) is 1. The fraction of sp³-hybridized carbons (Fsp3) is 0.385. The number of nitrogens with zero attached hydrogens (tertiary/aromatic N) is 4. The largest absolute Gasteiger partial charge is 0.493 e. The zero-order valence-electron chi connectivity index (χ0n) is 19.6. The zero-order chi connectivity index (χ0) is 23.9. The molecule has 0 spiro atoms. The number of halogens is 1. The number of alkyl halides is 1. The fourth-order valence-electron chi connectivity index (χ4n) is 4.45. The molecule has 4 heterocycles. The second kappa shape index (κ2) is 8.66. The van der Waals surface area contributed by atoms with Crippen LogP contribution in [0.2, 0.25) is 0 Å². The highest BCUT2D eigenvalue weighted by atomic mass is 19.1. The number of anilines is 2. The Bertz CT molecular complexity index is 1230. The number of amides is 1. The van der Waals surface area contributed by atoms with Crippen molar-refractivity contribution in [3.63, 3.8) is 0 Å². The molecule has 2 aromatic heterocycles. The predicted molar refractivity (Wildman–Crippen MR) is 129 cm³/mol. The van der Waals surface area contributed by atoms with E-state index in [0.29, 0.717) is 42.5 Å². The lowest BCUT2D eigenvalue weighted by Crippen LogP contribution is -2.28. The van der Waals surface area contributed by atoms with Gasteiger partial charge in [0.15, 0.2) is 5.82 Å². The third kappa shape index (κ3) is 4.32. The minimum absolute atomic E-state index is 0.169. The molecule has 0 aliphatic carbocycles. The standard InChI is InChI=1S/C26H28FN5O2/c1-16(2)23-29-13-19(14-30-23)25(33)31-22-20(17-4-5-21-18(12-17)7-11-34-21)6-9-28-24(22)32-10-8-26(3,27)15-32/h4-6,9,12-14,16H,7-8,10-11,15H2,1-3H3,(H,31,33). The number of carbonyl (C=O) groups is 1. The first kappa shape index (κ1) is 22.3. The van der Waals surface area contributed by atoms with Crippen LogP contribution in [0.4, 0.5) is 15.9 Å². The first-order valence-electron chi connectivity index (χ1n) is 11.6. The van der Waals surface area contributed by atoms with Crippen molar-refractivity contribution in [1.29, 1.82) is 0 Å². The van der Waals surface area contributed by atoms with Gasteiger partial charge in [0, 0.05) is 49.5 Å². The monoisotopic (exact) mass is 461 g/mol. The molecule has 1 amide bonds. The Morgan fingerprint density at radius 1 is 1.21 bits per heavy atom. The molecular formula is C26H28FN5O2. The molecule has 1 saturated heterocycles. The predicted octanol–water partition coefficient (Wildman–Crippen LogP) is 4.79. The van der Waals surface area contributed by atoms with Crippen LogP contribution in [-0.4, -0.2) is 46.2 Å². The molecule has 1 fully saturated rings. The van der Waals surface area contributed by atoms with Crippen molar-refractivity contribution in [2.45, 2.75) is 45.2 Å². The van der Waals surface area contributed by atoms with Gasteiger partial charge < -0.3 is 15.0 Å². The maximum Gasteiger partial charge on any atom is 0.258 e. The van der Waals surface area contributed by atoms with Gasteiger partial charge in [0.1, 0.15) is 17.2 Å². The molecule has 5 rings (SSSR count). The number of ether oxygens (including phenoxy) is 1. The van der Waals surface area contributed by atoms with Crippen LogP contribution in [0, 0.1) is 0 Å². The number of hydrogen-bond donors (Lipinski definition) is 1. The molecule has 1 N–H and O–H groups in total. The van der Waals surface area contributed by atoms with Crippen LogP contribution in [0.5, 0.6) is 5.75 Å². The number of rotatable bonds is 5. The van der Waals surface area contributed by atoms with Crippen LogP contribution in [0.25, 0.3) is 11.1 Å². The van der Waals surface area contributed by atoms with Crippen LogP contribution >= 0.6 is 0 Å². The van der Waals surface area contributed by atoms with Gasteiger partial charge in [-0.25, -0.2) is 19.3 Å². The van der Waals surface area contributed by atoms with E-state index >= 15 is 0 Å². The quantitative estimate of drug-likeness (QED) is 0.589. The van der Waals surface area contributed by atoms with Gasteiger partial charge in [-0.3, -0.25) is 4.79 Å². The molecule has 7 nitrogen and oxygen atoms in total. The summed E-state index contributed by atoms with van der Waals surface area (Å²) in [6, 6.07) is 7.89. The lowest BCUT2D eigenvalue weighted by molar-refractivity contribution is 0.102. The van der Waals surface area contributed by atoms with Crippen molar-refractivity contribution in [3.8, 4) is 16.9 Å². The van der Waals surface area contributed by atoms with Crippen molar-refractivity contribution in [3.05, 3.63) is 59.8 Å². The number of hydrogen-bond acceptors (Lipinski definition) is 6. The Morgan fingerprint density at radius 2 is 2.00 bits per heavy atom. The molecule has 0 bridgehead atoms. The highest BCUT2D eigenvalue weighted by Gasteiger charge is 2.35. The Balaban J connectivity index is 1.54. The maximum atomic E-state index is 14.7. The van der Waals surface area contributed by atoms with Crippen molar-refractivity contribution in [2.24, 2.45) is 0 Å². The summed E-state index contributed by atoms with van der Waals surface area (Å²) in [4.78, 5) is 28.3. The van der Waals surface area contributed by atoms with Crippen LogP contribution in [0.1, 0.15) is 54.9 Å². The summed E-state index contributed by atoms with van der Waals surface area (Å²) in [6.07, 6.45) is 6.03. The Hall–Kier alpha value is -3.55. The average molecular weight is 462 g/mol. The number of aromatic nitrogens is 3. The van der Waals surface area contributed by atoms with Gasteiger partial charge in [-0.1, -0.05) is 19.9 Å². The summed E-state index contributed by atoms with van der Waals surface area (Å²) in [5.74, 6) is 1.96. The van der Waals surface area contributed by atoms with Gasteiger partial charge in [-0.15, -0.1) is 0 Å². The third-order valence-electron chi connectivity index (χ3n) is 6.34. The molecule has 176 valence electrons. The van der Waals surface area contributed by atoms with E-state index in [4.69, 9.17) is 4.74 Å². The van der Waals surface area contributed by atoms with E-state index in [1.165, 1.54) is 12.4 Å². The van der Waals surface area contributed by atoms with E-state index in [2.05, 4.69) is 26.3 Å². The summed E-state index contributed by atoms with van der Waals surface area (Å²) in [6.45, 7) is 7.01. The molecule has 2 aliphatic heterocycles. The topological polar surface area (TPSA) is 80.2 Å². The second-order valence-electron chi connectivity index (χ2n) is 9.50. The molecule has 1 aromatic carbocycles. The van der Waals surface area contributed by atoms with Gasteiger partial charge in [0.05, 0.1) is 24.4 Å². The maximum absolute atomic E-state index is 14.7. The first-order chi connectivity index (χ1) is 16.3. The molecule has 1 atom stereocenters. The SMILES string of the molecule is CC(C)c1ncc(C(=O)Nc2c(-c3ccc4c(c3)CCO4)ccnc2N2CCC(C)(F)C2)cn1. The van der Waals surface area contributed by atoms with Crippen LogP contribution < -0.4 is 15.0 Å². The molecule has 8 heteroatoms. The highest BCUT2D eigenvalue weighted by Crippen LogP contribution is 2.40. The van der Waals surface area contributed by atoms with Crippen molar-refractivity contribution < 1.29 is 13.9 Å². The Morgan fingerprint density at radius 3 is 2.71 bits per heavy atom. The summed E-state index contributed by atoms with van der Waals surface area (Å²) >= 11 is 0. The van der Waals surface area contributed by atoms with E-state index in [1.54, 1.807) is 13.1 Å². The molecule has 2 aliphatic rings. The molecule has 34 heavy (non-hydrogen) atoms. The fourth-order valence-corrected chi connectivity index (χ4v) is 4.45. The Labute approximate surface area is 198 Å². The van der Waals surface area contributed by atoms with Gasteiger partial charge in [-0.2, -0.15) is 0 Å².